The molecule has 2 aromatic rings. The van der Waals surface area contributed by atoms with Gasteiger partial charge in [0.05, 0.1) is 12.1 Å². The summed E-state index contributed by atoms with van der Waals surface area (Å²) in [5.74, 6) is 0.108. The van der Waals surface area contributed by atoms with E-state index in [0.717, 1.165) is 18.5 Å². The molecule has 0 radical (unpaired) electrons. The van der Waals surface area contributed by atoms with Crippen molar-refractivity contribution in [1.29, 1.82) is 0 Å². The molecule has 18 heavy (non-hydrogen) atoms. The number of aliphatic hydroxyl groups is 1. The number of carbonyl (C=O) groups is 1. The number of hydrogen-bond donors (Lipinski definition) is 2. The Morgan fingerprint density at radius 1 is 1.61 bits per heavy atom. The zero-order valence-corrected chi connectivity index (χ0v) is 9.92. The van der Waals surface area contributed by atoms with Crippen molar-refractivity contribution in [2.24, 2.45) is 0 Å². The molecule has 2 heterocycles. The van der Waals surface area contributed by atoms with E-state index in [1.54, 1.807) is 12.3 Å². The van der Waals surface area contributed by atoms with E-state index in [1.807, 2.05) is 6.92 Å². The van der Waals surface area contributed by atoms with E-state index in [0.29, 0.717) is 5.78 Å². The van der Waals surface area contributed by atoms with Crippen molar-refractivity contribution in [2.45, 2.75) is 25.3 Å². The van der Waals surface area contributed by atoms with Crippen LogP contribution in [0, 0.1) is 6.92 Å². The van der Waals surface area contributed by atoms with Crippen LogP contribution in [0.3, 0.4) is 0 Å². The van der Waals surface area contributed by atoms with Gasteiger partial charge in [-0.2, -0.15) is 4.98 Å². The number of rotatable bonds is 3. The van der Waals surface area contributed by atoms with E-state index >= 15 is 0 Å². The fourth-order valence-corrected chi connectivity index (χ4v) is 1.77. The van der Waals surface area contributed by atoms with Gasteiger partial charge in [0.1, 0.15) is 0 Å². The van der Waals surface area contributed by atoms with E-state index in [-0.39, 0.29) is 18.3 Å². The lowest BCUT2D eigenvalue weighted by Gasteiger charge is -2.11. The molecule has 1 saturated carbocycles. The first-order valence-electron chi connectivity index (χ1n) is 5.75. The molecule has 1 amide bonds. The molecular formula is C11H13N5O2. The van der Waals surface area contributed by atoms with E-state index in [2.05, 4.69) is 20.4 Å². The van der Waals surface area contributed by atoms with Gasteiger partial charge in [0.15, 0.2) is 0 Å². The lowest BCUT2D eigenvalue weighted by atomic mass is 10.3. The third-order valence-corrected chi connectivity index (χ3v) is 3.17. The highest BCUT2D eigenvalue weighted by molar-refractivity contribution is 5.91. The van der Waals surface area contributed by atoms with E-state index in [1.165, 1.54) is 4.52 Å². The first-order valence-corrected chi connectivity index (χ1v) is 5.75. The number of nitrogens with one attached hydrogen (secondary N) is 1. The van der Waals surface area contributed by atoms with Crippen molar-refractivity contribution in [3.63, 3.8) is 0 Å². The summed E-state index contributed by atoms with van der Waals surface area (Å²) in [6.07, 6.45) is 3.21. The van der Waals surface area contributed by atoms with Crippen LogP contribution in [-0.4, -0.2) is 42.7 Å². The highest BCUT2D eigenvalue weighted by Crippen LogP contribution is 2.34. The third kappa shape index (κ3) is 1.72. The highest BCUT2D eigenvalue weighted by atomic mass is 16.3. The monoisotopic (exact) mass is 247 g/mol. The Bertz CT molecular complexity index is 617. The van der Waals surface area contributed by atoms with Crippen LogP contribution in [-0.2, 0) is 0 Å². The summed E-state index contributed by atoms with van der Waals surface area (Å²) >= 11 is 0. The van der Waals surface area contributed by atoms with Crippen LogP contribution < -0.4 is 5.32 Å². The molecule has 7 heteroatoms. The predicted molar refractivity (Wildman–Crippen MR) is 62.0 cm³/mol. The number of nitrogens with zero attached hydrogens (tertiary/aromatic N) is 4. The lowest BCUT2D eigenvalue weighted by molar-refractivity contribution is 0.0896. The Labute approximate surface area is 103 Å². The standard InChI is InChI=1S/C11H13N5O2/c1-7-2-5-12-10-13-8(15-16(7)10)9(18)14-11(6-17)3-4-11/h2,5,17H,3-4,6H2,1H3,(H,14,18). The fourth-order valence-electron chi connectivity index (χ4n) is 1.77. The van der Waals surface area contributed by atoms with Gasteiger partial charge in [-0.1, -0.05) is 0 Å². The Hall–Kier alpha value is -2.02. The van der Waals surface area contributed by atoms with Crippen molar-refractivity contribution in [3.05, 3.63) is 23.8 Å². The van der Waals surface area contributed by atoms with E-state index < -0.39 is 5.54 Å². The largest absolute Gasteiger partial charge is 0.394 e. The summed E-state index contributed by atoms with van der Waals surface area (Å²) in [6, 6.07) is 1.79. The summed E-state index contributed by atoms with van der Waals surface area (Å²) in [6.45, 7) is 1.81. The number of aryl methyl sites for hydroxylation is 1. The van der Waals surface area contributed by atoms with E-state index in [9.17, 15) is 4.79 Å². The van der Waals surface area contributed by atoms with Gasteiger partial charge in [-0.3, -0.25) is 4.79 Å². The molecule has 1 aliphatic rings. The van der Waals surface area contributed by atoms with Crippen LogP contribution in [0.25, 0.3) is 5.78 Å². The van der Waals surface area contributed by atoms with Gasteiger partial charge in [-0.05, 0) is 25.8 Å². The zero-order chi connectivity index (χ0) is 12.8. The van der Waals surface area contributed by atoms with Crippen LogP contribution >= 0.6 is 0 Å². The second kappa shape index (κ2) is 3.74. The van der Waals surface area contributed by atoms with Gasteiger partial charge in [0, 0.05) is 11.9 Å². The molecule has 2 aromatic heterocycles. The van der Waals surface area contributed by atoms with Gasteiger partial charge in [-0.15, -0.1) is 5.10 Å². The van der Waals surface area contributed by atoms with Crippen molar-refractivity contribution >= 4 is 11.7 Å². The summed E-state index contributed by atoms with van der Waals surface area (Å²) in [7, 11) is 0. The van der Waals surface area contributed by atoms with Gasteiger partial charge < -0.3 is 10.4 Å². The summed E-state index contributed by atoms with van der Waals surface area (Å²) < 4.78 is 1.52. The molecule has 0 bridgehead atoms. The molecule has 1 aliphatic carbocycles. The predicted octanol–water partition coefficient (Wildman–Crippen LogP) is -0.313. The molecule has 0 atom stereocenters. The number of hydrogen-bond acceptors (Lipinski definition) is 5. The van der Waals surface area contributed by atoms with Crippen LogP contribution in [0.15, 0.2) is 12.3 Å². The van der Waals surface area contributed by atoms with Crippen LogP contribution in [0.2, 0.25) is 0 Å². The minimum atomic E-state index is -0.461. The Morgan fingerprint density at radius 3 is 3.00 bits per heavy atom. The molecule has 1 fully saturated rings. The average Bonchev–Trinajstić information content (AvgIpc) is 2.98. The normalized spacial score (nSPS) is 16.8. The van der Waals surface area contributed by atoms with Gasteiger partial charge in [0.25, 0.3) is 11.7 Å². The van der Waals surface area contributed by atoms with Crippen LogP contribution in [0.4, 0.5) is 0 Å². The number of amides is 1. The first kappa shape index (κ1) is 11.1. The summed E-state index contributed by atoms with van der Waals surface area (Å²) in [5.41, 5.74) is 0.395. The summed E-state index contributed by atoms with van der Waals surface area (Å²) in [5, 5.41) is 16.0. The van der Waals surface area contributed by atoms with Gasteiger partial charge >= 0.3 is 0 Å². The maximum absolute atomic E-state index is 12.0. The highest BCUT2D eigenvalue weighted by Gasteiger charge is 2.44. The molecule has 2 N–H and O–H groups in total. The zero-order valence-electron chi connectivity index (χ0n) is 9.92. The quantitative estimate of drug-likeness (QED) is 0.776. The fraction of sp³-hybridized carbons (Fsp3) is 0.455. The lowest BCUT2D eigenvalue weighted by Crippen LogP contribution is -2.40. The van der Waals surface area contributed by atoms with Crippen LogP contribution in [0.5, 0.6) is 0 Å². The Balaban J connectivity index is 1.90. The molecule has 0 aliphatic heterocycles. The van der Waals surface area contributed by atoms with Gasteiger partial charge in [-0.25, -0.2) is 9.50 Å². The topological polar surface area (TPSA) is 92.4 Å². The molecule has 7 nitrogen and oxygen atoms in total. The smallest absolute Gasteiger partial charge is 0.291 e. The number of aliphatic hydroxyl groups excluding tert-OH is 1. The van der Waals surface area contributed by atoms with Crippen molar-refractivity contribution < 1.29 is 9.90 Å². The molecule has 94 valence electrons. The van der Waals surface area contributed by atoms with Crippen molar-refractivity contribution in [2.75, 3.05) is 6.61 Å². The van der Waals surface area contributed by atoms with Crippen molar-refractivity contribution in [1.82, 2.24) is 24.9 Å². The second-order valence-corrected chi connectivity index (χ2v) is 4.63. The Kier molecular flexibility index (Phi) is 2.30. The minimum Gasteiger partial charge on any atom is -0.394 e. The molecule has 0 aromatic carbocycles. The Morgan fingerprint density at radius 2 is 2.39 bits per heavy atom. The van der Waals surface area contributed by atoms with Crippen molar-refractivity contribution in [3.8, 4) is 0 Å². The molecule has 0 spiro atoms. The molecular weight excluding hydrogens is 234 g/mol. The SMILES string of the molecule is Cc1ccnc2nc(C(=O)NC3(CO)CC3)nn12. The number of aromatic nitrogens is 4. The molecule has 0 saturated heterocycles. The molecule has 3 rings (SSSR count). The number of fused-ring (bicyclic) bond motifs is 1. The third-order valence-electron chi connectivity index (χ3n) is 3.17. The van der Waals surface area contributed by atoms with E-state index in [4.69, 9.17) is 5.11 Å². The average molecular weight is 247 g/mol. The molecule has 0 unspecified atom stereocenters. The first-order chi connectivity index (χ1) is 8.63. The summed E-state index contributed by atoms with van der Waals surface area (Å²) in [4.78, 5) is 20.1. The maximum atomic E-state index is 12.0. The number of carbonyl (C=O) groups excluding carboxylic acids is 1. The second-order valence-electron chi connectivity index (χ2n) is 4.63. The van der Waals surface area contributed by atoms with Crippen LogP contribution in [0.1, 0.15) is 29.2 Å². The maximum Gasteiger partial charge on any atom is 0.291 e. The van der Waals surface area contributed by atoms with Gasteiger partial charge in [0.2, 0.25) is 5.82 Å². The minimum absolute atomic E-state index is 0.0522.